The van der Waals surface area contributed by atoms with E-state index in [1.165, 1.54) is 5.56 Å². The smallest absolute Gasteiger partial charge is 0.195 e. The van der Waals surface area contributed by atoms with Crippen molar-refractivity contribution < 1.29 is 9.47 Å². The van der Waals surface area contributed by atoms with Crippen LogP contribution < -0.4 is 9.47 Å². The Balaban J connectivity index is 1.94. The minimum atomic E-state index is 0.600. The van der Waals surface area contributed by atoms with Crippen molar-refractivity contribution in [1.82, 2.24) is 14.8 Å². The van der Waals surface area contributed by atoms with Crippen LogP contribution in [0, 0.1) is 4.77 Å². The number of methoxy groups -OCH3 is 2. The van der Waals surface area contributed by atoms with Crippen molar-refractivity contribution in [1.29, 1.82) is 0 Å². The summed E-state index contributed by atoms with van der Waals surface area (Å²) in [6.07, 6.45) is 0.878. The van der Waals surface area contributed by atoms with E-state index in [4.69, 9.17) is 21.7 Å². The Morgan fingerprint density at radius 3 is 2.33 bits per heavy atom. The van der Waals surface area contributed by atoms with Gasteiger partial charge in [0.2, 0.25) is 0 Å². The van der Waals surface area contributed by atoms with E-state index in [0.29, 0.717) is 16.3 Å². The van der Waals surface area contributed by atoms with Crippen molar-refractivity contribution in [2.45, 2.75) is 13.0 Å². The number of aromatic nitrogens is 3. The van der Waals surface area contributed by atoms with E-state index in [2.05, 4.69) is 22.3 Å². The van der Waals surface area contributed by atoms with Crippen molar-refractivity contribution in [2.75, 3.05) is 14.2 Å². The van der Waals surface area contributed by atoms with Crippen molar-refractivity contribution in [3.8, 4) is 22.9 Å². The summed E-state index contributed by atoms with van der Waals surface area (Å²) in [4.78, 5) is 0. The van der Waals surface area contributed by atoms with Crippen molar-refractivity contribution in [3.05, 3.63) is 58.9 Å². The molecule has 2 aromatic carbocycles. The zero-order valence-electron chi connectivity index (χ0n) is 13.7. The molecule has 0 aliphatic heterocycles. The van der Waals surface area contributed by atoms with Gasteiger partial charge in [-0.25, -0.2) is 0 Å². The Hall–Kier alpha value is -2.60. The first-order chi connectivity index (χ1) is 11.7. The van der Waals surface area contributed by atoms with Crippen molar-refractivity contribution >= 4 is 12.2 Å². The number of benzene rings is 2. The third-order valence-electron chi connectivity index (χ3n) is 3.83. The number of hydrogen-bond donors (Lipinski definition) is 1. The first-order valence-electron chi connectivity index (χ1n) is 7.64. The molecule has 1 aromatic heterocycles. The third kappa shape index (κ3) is 3.49. The summed E-state index contributed by atoms with van der Waals surface area (Å²) in [6, 6.07) is 16.0. The molecule has 3 aromatic rings. The predicted octanol–water partition coefficient (Wildman–Crippen LogP) is 3.87. The molecular formula is C18H19N3O2S. The fraction of sp³-hybridized carbons (Fsp3) is 0.222. The number of nitrogens with zero attached hydrogens (tertiary/aromatic N) is 2. The topological polar surface area (TPSA) is 52.1 Å². The first-order valence-corrected chi connectivity index (χ1v) is 8.04. The number of ether oxygens (including phenoxy) is 2. The summed E-state index contributed by atoms with van der Waals surface area (Å²) >= 11 is 5.39. The van der Waals surface area contributed by atoms with Crippen LogP contribution in [0.5, 0.6) is 11.5 Å². The van der Waals surface area contributed by atoms with Crippen LogP contribution in [0.4, 0.5) is 0 Å². The molecule has 0 saturated heterocycles. The minimum absolute atomic E-state index is 0.600. The Morgan fingerprint density at radius 1 is 1.04 bits per heavy atom. The second-order valence-electron chi connectivity index (χ2n) is 5.34. The molecule has 0 unspecified atom stereocenters. The van der Waals surface area contributed by atoms with Gasteiger partial charge >= 0.3 is 0 Å². The number of H-pyrrole nitrogens is 1. The van der Waals surface area contributed by atoms with E-state index in [9.17, 15) is 0 Å². The Bertz CT molecular complexity index is 849. The van der Waals surface area contributed by atoms with Gasteiger partial charge in [0, 0.05) is 18.2 Å². The standard InChI is InChI=1S/C18H19N3O2S/c1-22-15-10-14(11-16(12-15)23-2)17-19-20-18(24)21(17)9-8-13-6-4-3-5-7-13/h3-7,10-12H,8-9H2,1-2H3,(H,20,24). The molecule has 3 rings (SSSR count). The van der Waals surface area contributed by atoms with Gasteiger partial charge in [0.15, 0.2) is 10.6 Å². The largest absolute Gasteiger partial charge is 0.497 e. The number of aromatic amines is 1. The fourth-order valence-corrected chi connectivity index (χ4v) is 2.79. The average Bonchev–Trinajstić information content (AvgIpc) is 3.01. The van der Waals surface area contributed by atoms with Gasteiger partial charge in [-0.05, 0) is 36.3 Å². The molecule has 0 radical (unpaired) electrons. The van der Waals surface area contributed by atoms with Crippen LogP contribution in [0.25, 0.3) is 11.4 Å². The highest BCUT2D eigenvalue weighted by molar-refractivity contribution is 7.71. The summed E-state index contributed by atoms with van der Waals surface area (Å²) in [7, 11) is 3.26. The van der Waals surface area contributed by atoms with Crippen molar-refractivity contribution in [2.24, 2.45) is 0 Å². The maximum absolute atomic E-state index is 5.39. The molecule has 6 heteroatoms. The molecule has 1 heterocycles. The van der Waals surface area contributed by atoms with E-state index in [-0.39, 0.29) is 0 Å². The molecular weight excluding hydrogens is 322 g/mol. The lowest BCUT2D eigenvalue weighted by Crippen LogP contribution is -2.04. The molecule has 0 bridgehead atoms. The van der Waals surface area contributed by atoms with E-state index in [0.717, 1.165) is 24.4 Å². The monoisotopic (exact) mass is 341 g/mol. The van der Waals surface area contributed by atoms with Gasteiger partial charge in [-0.3, -0.25) is 9.67 Å². The summed E-state index contributed by atoms with van der Waals surface area (Å²) in [5.74, 6) is 2.20. The molecule has 0 atom stereocenters. The summed E-state index contributed by atoms with van der Waals surface area (Å²) < 4.78 is 13.3. The Kier molecular flexibility index (Phi) is 4.96. The lowest BCUT2D eigenvalue weighted by atomic mass is 10.1. The SMILES string of the molecule is COc1cc(OC)cc(-c2n[nH]c(=S)n2CCc2ccccc2)c1. The Labute approximate surface area is 145 Å². The first kappa shape index (κ1) is 16.3. The number of hydrogen-bond acceptors (Lipinski definition) is 4. The molecule has 0 saturated carbocycles. The van der Waals surface area contributed by atoms with Gasteiger partial charge in [0.05, 0.1) is 14.2 Å². The van der Waals surface area contributed by atoms with E-state index < -0.39 is 0 Å². The second kappa shape index (κ2) is 7.31. The normalized spacial score (nSPS) is 10.6. The van der Waals surface area contributed by atoms with Crippen LogP contribution >= 0.6 is 12.2 Å². The van der Waals surface area contributed by atoms with Gasteiger partial charge in [-0.1, -0.05) is 30.3 Å². The fourth-order valence-electron chi connectivity index (χ4n) is 2.57. The maximum Gasteiger partial charge on any atom is 0.195 e. The molecule has 0 aliphatic carbocycles. The van der Waals surface area contributed by atoms with Crippen LogP contribution in [0.2, 0.25) is 0 Å². The number of nitrogens with one attached hydrogen (secondary N) is 1. The van der Waals surface area contributed by atoms with Crippen LogP contribution in [0.3, 0.4) is 0 Å². The summed E-state index contributed by atoms with van der Waals surface area (Å²) in [6.45, 7) is 0.744. The number of rotatable bonds is 6. The van der Waals surface area contributed by atoms with Crippen LogP contribution in [0.15, 0.2) is 48.5 Å². The minimum Gasteiger partial charge on any atom is -0.497 e. The zero-order chi connectivity index (χ0) is 16.9. The van der Waals surface area contributed by atoms with Gasteiger partial charge in [-0.15, -0.1) is 0 Å². The molecule has 124 valence electrons. The molecule has 0 aliphatic rings. The highest BCUT2D eigenvalue weighted by Gasteiger charge is 2.12. The molecule has 0 amide bonds. The molecule has 24 heavy (non-hydrogen) atoms. The molecule has 1 N–H and O–H groups in total. The molecule has 0 spiro atoms. The molecule has 0 fully saturated rings. The van der Waals surface area contributed by atoms with Gasteiger partial charge in [-0.2, -0.15) is 5.10 Å². The van der Waals surface area contributed by atoms with Crippen LogP contribution in [-0.2, 0) is 13.0 Å². The van der Waals surface area contributed by atoms with Crippen molar-refractivity contribution in [3.63, 3.8) is 0 Å². The van der Waals surface area contributed by atoms with Gasteiger partial charge in [0.1, 0.15) is 11.5 Å². The summed E-state index contributed by atoms with van der Waals surface area (Å²) in [5, 5.41) is 7.26. The summed E-state index contributed by atoms with van der Waals surface area (Å²) in [5.41, 5.74) is 2.15. The lowest BCUT2D eigenvalue weighted by molar-refractivity contribution is 0.394. The van der Waals surface area contributed by atoms with Crippen LogP contribution in [0.1, 0.15) is 5.56 Å². The number of aryl methyl sites for hydroxylation is 1. The van der Waals surface area contributed by atoms with E-state index >= 15 is 0 Å². The lowest BCUT2D eigenvalue weighted by Gasteiger charge is -2.10. The highest BCUT2D eigenvalue weighted by Crippen LogP contribution is 2.28. The second-order valence-corrected chi connectivity index (χ2v) is 5.73. The highest BCUT2D eigenvalue weighted by atomic mass is 32.1. The maximum atomic E-state index is 5.39. The average molecular weight is 341 g/mol. The van der Waals surface area contributed by atoms with Gasteiger partial charge < -0.3 is 9.47 Å². The van der Waals surface area contributed by atoms with Gasteiger partial charge in [0.25, 0.3) is 0 Å². The van der Waals surface area contributed by atoms with E-state index in [1.54, 1.807) is 14.2 Å². The predicted molar refractivity (Wildman–Crippen MR) is 96.1 cm³/mol. The third-order valence-corrected chi connectivity index (χ3v) is 4.15. The Morgan fingerprint density at radius 2 is 1.71 bits per heavy atom. The van der Waals surface area contributed by atoms with E-state index in [1.807, 2.05) is 41.0 Å². The molecule has 5 nitrogen and oxygen atoms in total. The van der Waals surface area contributed by atoms with Crippen LogP contribution in [-0.4, -0.2) is 29.0 Å². The quantitative estimate of drug-likeness (QED) is 0.692. The zero-order valence-corrected chi connectivity index (χ0v) is 14.5.